The topological polar surface area (TPSA) is 160 Å². The van der Waals surface area contributed by atoms with Crippen molar-refractivity contribution in [1.29, 1.82) is 0 Å². The summed E-state index contributed by atoms with van der Waals surface area (Å²) in [5.74, 6) is 2.16. The predicted molar refractivity (Wildman–Crippen MR) is 240 cm³/mol. The van der Waals surface area contributed by atoms with Crippen molar-refractivity contribution in [2.75, 3.05) is 13.6 Å². The number of rotatable bonds is 7. The maximum atomic E-state index is 12.0. The number of amides is 2. The highest BCUT2D eigenvalue weighted by molar-refractivity contribution is 6.07. The van der Waals surface area contributed by atoms with Gasteiger partial charge >= 0.3 is 0 Å². The second-order valence-corrected chi connectivity index (χ2v) is 15.0. The van der Waals surface area contributed by atoms with E-state index in [1.165, 1.54) is 24.1 Å². The van der Waals surface area contributed by atoms with E-state index in [0.717, 1.165) is 39.5 Å². The van der Waals surface area contributed by atoms with Crippen LogP contribution < -0.4 is 18.9 Å². The van der Waals surface area contributed by atoms with Crippen molar-refractivity contribution in [3.8, 4) is 34.5 Å². The van der Waals surface area contributed by atoms with Crippen molar-refractivity contribution in [1.82, 2.24) is 10.0 Å². The molecular formula is C51H44N4O9. The van der Waals surface area contributed by atoms with E-state index in [2.05, 4.69) is 10.2 Å². The summed E-state index contributed by atoms with van der Waals surface area (Å²) in [6.07, 6.45) is 4.61. The lowest BCUT2D eigenvalue weighted by Crippen LogP contribution is -2.24. The summed E-state index contributed by atoms with van der Waals surface area (Å²) in [5, 5.41) is 31.0. The Morgan fingerprint density at radius 2 is 1.02 bits per heavy atom. The molecule has 0 saturated heterocycles. The number of ether oxygens (including phenoxy) is 4. The number of hydrazone groups is 2. The molecule has 0 aromatic heterocycles. The molecule has 2 atom stereocenters. The Balaban J connectivity index is 0.000000132. The number of carbonyl (C=O) groups is 3. The molecule has 4 aliphatic heterocycles. The third-order valence-corrected chi connectivity index (χ3v) is 10.7. The van der Waals surface area contributed by atoms with E-state index in [1.807, 2.05) is 109 Å². The van der Waals surface area contributed by atoms with Crippen LogP contribution in [0.3, 0.4) is 0 Å². The lowest BCUT2D eigenvalue weighted by molar-refractivity contribution is -0.131. The van der Waals surface area contributed by atoms with Crippen LogP contribution >= 0.6 is 0 Å². The number of carbonyl (C=O) groups excluding carboxylic acids is 3. The van der Waals surface area contributed by atoms with Gasteiger partial charge in [0.2, 0.25) is 25.4 Å². The van der Waals surface area contributed by atoms with Crippen molar-refractivity contribution in [2.24, 2.45) is 10.2 Å². The van der Waals surface area contributed by atoms with E-state index < -0.39 is 0 Å². The van der Waals surface area contributed by atoms with Gasteiger partial charge < -0.3 is 29.2 Å². The number of ketones is 1. The van der Waals surface area contributed by atoms with Crippen LogP contribution in [0.2, 0.25) is 0 Å². The molecule has 4 heterocycles. The Kier molecular flexibility index (Phi) is 12.8. The molecule has 2 N–H and O–H groups in total. The summed E-state index contributed by atoms with van der Waals surface area (Å²) < 4.78 is 21.2. The number of aromatic hydroxyl groups is 2. The van der Waals surface area contributed by atoms with Gasteiger partial charge in [0.15, 0.2) is 40.3 Å². The van der Waals surface area contributed by atoms with E-state index in [4.69, 9.17) is 18.9 Å². The summed E-state index contributed by atoms with van der Waals surface area (Å²) in [6.45, 7) is 3.49. The van der Waals surface area contributed by atoms with Gasteiger partial charge in [0, 0.05) is 43.4 Å². The third kappa shape index (κ3) is 9.79. The van der Waals surface area contributed by atoms with Gasteiger partial charge in [-0.25, -0.2) is 10.0 Å². The zero-order valence-electron chi connectivity index (χ0n) is 35.0. The number of hydrogen-bond donors (Lipinski definition) is 2. The molecule has 0 fully saturated rings. The minimum Gasteiger partial charge on any atom is -0.504 e. The van der Waals surface area contributed by atoms with Crippen LogP contribution in [0.4, 0.5) is 0 Å². The van der Waals surface area contributed by atoms with Crippen molar-refractivity contribution < 1.29 is 43.5 Å². The van der Waals surface area contributed by atoms with Gasteiger partial charge in [-0.1, -0.05) is 97.1 Å². The van der Waals surface area contributed by atoms with Gasteiger partial charge in [-0.3, -0.25) is 14.4 Å². The van der Waals surface area contributed by atoms with Crippen LogP contribution in [0.5, 0.6) is 34.5 Å². The van der Waals surface area contributed by atoms with Crippen LogP contribution in [0.25, 0.3) is 6.08 Å². The van der Waals surface area contributed by atoms with E-state index >= 15 is 0 Å². The third-order valence-electron chi connectivity index (χ3n) is 10.7. The Hall–Kier alpha value is -8.19. The Bertz CT molecular complexity index is 2760. The van der Waals surface area contributed by atoms with Gasteiger partial charge in [0.05, 0.1) is 23.5 Å². The first-order valence-corrected chi connectivity index (χ1v) is 20.5. The molecule has 0 aliphatic carbocycles. The highest BCUT2D eigenvalue weighted by Gasteiger charge is 2.33. The van der Waals surface area contributed by atoms with Gasteiger partial charge in [-0.05, 0) is 77.4 Å². The van der Waals surface area contributed by atoms with E-state index in [1.54, 1.807) is 48.4 Å². The Labute approximate surface area is 369 Å². The number of fused-ring (bicyclic) bond motifs is 2. The van der Waals surface area contributed by atoms with Crippen molar-refractivity contribution in [2.45, 2.75) is 38.8 Å². The molecule has 4 aliphatic rings. The first-order chi connectivity index (χ1) is 31.1. The number of phenols is 2. The molecule has 10 rings (SSSR count). The van der Waals surface area contributed by atoms with Crippen molar-refractivity contribution >= 4 is 35.1 Å². The average Bonchev–Trinajstić information content (AvgIpc) is 4.17. The van der Waals surface area contributed by atoms with Crippen LogP contribution in [0, 0.1) is 0 Å². The average molecular weight is 857 g/mol. The van der Waals surface area contributed by atoms with Crippen LogP contribution in [-0.4, -0.2) is 62.8 Å². The molecule has 0 saturated carbocycles. The number of benzene rings is 6. The largest absolute Gasteiger partial charge is 0.504 e. The van der Waals surface area contributed by atoms with Crippen molar-refractivity contribution in [3.05, 3.63) is 185 Å². The quantitative estimate of drug-likeness (QED) is 0.0907. The minimum absolute atomic E-state index is 0.0536. The second kappa shape index (κ2) is 19.2. The van der Waals surface area contributed by atoms with Crippen LogP contribution in [-0.2, 0) is 9.59 Å². The summed E-state index contributed by atoms with van der Waals surface area (Å²) in [6, 6.07) is 44.7. The predicted octanol–water partition coefficient (Wildman–Crippen LogP) is 9.22. The van der Waals surface area contributed by atoms with Crippen molar-refractivity contribution in [3.63, 3.8) is 0 Å². The molecule has 2 unspecified atom stereocenters. The lowest BCUT2D eigenvalue weighted by atomic mass is 9.98. The van der Waals surface area contributed by atoms with Gasteiger partial charge in [-0.2, -0.15) is 10.2 Å². The monoisotopic (exact) mass is 856 g/mol. The minimum atomic E-state index is -0.197. The van der Waals surface area contributed by atoms with E-state index in [0.29, 0.717) is 41.2 Å². The van der Waals surface area contributed by atoms with Gasteiger partial charge in [0.1, 0.15) is 0 Å². The van der Waals surface area contributed by atoms with Crippen LogP contribution in [0.15, 0.2) is 162 Å². The molecule has 2 amide bonds. The second-order valence-electron chi connectivity index (χ2n) is 15.0. The maximum absolute atomic E-state index is 12.0. The first kappa shape index (κ1) is 42.5. The summed E-state index contributed by atoms with van der Waals surface area (Å²) in [7, 11) is 0. The normalized spacial score (nSPS) is 16.6. The van der Waals surface area contributed by atoms with E-state index in [9.17, 15) is 24.6 Å². The molecule has 0 radical (unpaired) electrons. The van der Waals surface area contributed by atoms with Crippen LogP contribution in [0.1, 0.15) is 76.9 Å². The molecule has 322 valence electrons. The maximum Gasteiger partial charge on any atom is 0.240 e. The SMILES string of the molecule is CC(=O)N1N=C(c2ccc(O)c(O)c2)CC1c1ccccc1.CC(=O)N1N=C(c2ccc3c(c2)OCO3)CC1c1ccccc1.O=C(/C=C/c1ccccc1)c1ccc2c(c1)OCO2. The molecule has 0 spiro atoms. The lowest BCUT2D eigenvalue weighted by Gasteiger charge is -2.20. The Morgan fingerprint density at radius 1 is 0.547 bits per heavy atom. The highest BCUT2D eigenvalue weighted by Crippen LogP contribution is 2.38. The fraction of sp³-hybridized carbons (Fsp3) is 0.157. The molecule has 6 aromatic carbocycles. The molecule has 13 heteroatoms. The first-order valence-electron chi connectivity index (χ1n) is 20.5. The zero-order chi connectivity index (χ0) is 44.6. The Morgan fingerprint density at radius 3 is 1.55 bits per heavy atom. The zero-order valence-corrected chi connectivity index (χ0v) is 35.0. The van der Waals surface area contributed by atoms with Gasteiger partial charge in [0.25, 0.3) is 0 Å². The highest BCUT2D eigenvalue weighted by atomic mass is 16.7. The number of hydrogen-bond acceptors (Lipinski definition) is 11. The fourth-order valence-corrected chi connectivity index (χ4v) is 7.48. The molecular weight excluding hydrogens is 813 g/mol. The summed E-state index contributed by atoms with van der Waals surface area (Å²) in [5.41, 5.74) is 6.93. The van der Waals surface area contributed by atoms with E-state index in [-0.39, 0.29) is 54.8 Å². The number of phenolic OH excluding ortho intramolecular Hbond substituents is 2. The molecule has 0 bridgehead atoms. The number of nitrogens with zero attached hydrogens (tertiary/aromatic N) is 4. The standard InChI is InChI=1S/C18H16N2O3.C17H16N2O3.C16H12O3/c1-12(21)20-16(13-5-3-2-4-6-13)10-15(19-20)14-7-8-17-18(9-14)23-11-22-17;1-11(20)19-15(12-5-3-2-4-6-12)10-14(18-19)13-7-8-16(21)17(22)9-13;17-14(8-6-12-4-2-1-3-5-12)13-7-9-15-16(10-13)19-11-18-15/h2-9,16H,10-11H2,1H3;2-9,15,21-22H,10H2,1H3;1-10H,11H2/b;;8-6+. The molecule has 6 aromatic rings. The molecule has 13 nitrogen and oxygen atoms in total. The summed E-state index contributed by atoms with van der Waals surface area (Å²) in [4.78, 5) is 35.9. The molecule has 64 heavy (non-hydrogen) atoms. The smallest absolute Gasteiger partial charge is 0.240 e. The fourth-order valence-electron chi connectivity index (χ4n) is 7.48. The van der Waals surface area contributed by atoms with Gasteiger partial charge in [-0.15, -0.1) is 0 Å². The number of allylic oxidation sites excluding steroid dienone is 1. The summed E-state index contributed by atoms with van der Waals surface area (Å²) >= 11 is 0.